The molecule has 116 valence electrons. The highest BCUT2D eigenvalue weighted by molar-refractivity contribution is 7.71. The quantitative estimate of drug-likeness (QED) is 0.833. The topological polar surface area (TPSA) is 70.4 Å². The lowest BCUT2D eigenvalue weighted by Gasteiger charge is -2.14. The van der Waals surface area contributed by atoms with Crippen molar-refractivity contribution in [2.45, 2.75) is 13.8 Å². The number of aromatic nitrogens is 2. The standard InChI is InChI=1S/C17H15N3O2S/c1-10-5-6-14(11(2)8-10)20-16(22)13(15(21)19-17(20)23)9-12-4-3-7-18-12/h3-9,22H,1-2H3,(H,19,21,23)/b12-9-. The van der Waals surface area contributed by atoms with E-state index in [1.54, 1.807) is 18.4 Å². The Hall–Kier alpha value is -2.73. The Kier molecular flexibility index (Phi) is 3.83. The number of aliphatic imine (C=N–C) groups is 1. The van der Waals surface area contributed by atoms with Gasteiger partial charge in [0.2, 0.25) is 5.88 Å². The number of hydrogen-bond acceptors (Lipinski definition) is 4. The molecule has 1 aromatic heterocycles. The predicted octanol–water partition coefficient (Wildman–Crippen LogP) is 3.20. The molecule has 0 saturated carbocycles. The van der Waals surface area contributed by atoms with Gasteiger partial charge in [-0.25, -0.2) is 0 Å². The van der Waals surface area contributed by atoms with Crippen LogP contribution in [0.4, 0.5) is 0 Å². The smallest absolute Gasteiger partial charge is 0.262 e. The molecule has 5 nitrogen and oxygen atoms in total. The Morgan fingerprint density at radius 3 is 2.78 bits per heavy atom. The average Bonchev–Trinajstić information content (AvgIpc) is 2.98. The van der Waals surface area contributed by atoms with Crippen molar-refractivity contribution in [1.82, 2.24) is 9.55 Å². The van der Waals surface area contributed by atoms with Crippen molar-refractivity contribution < 1.29 is 5.11 Å². The van der Waals surface area contributed by atoms with Gasteiger partial charge in [-0.1, -0.05) is 17.7 Å². The van der Waals surface area contributed by atoms with Crippen LogP contribution in [-0.4, -0.2) is 20.9 Å². The van der Waals surface area contributed by atoms with Crippen molar-refractivity contribution in [3.8, 4) is 11.6 Å². The van der Waals surface area contributed by atoms with Gasteiger partial charge in [0.25, 0.3) is 5.56 Å². The fourth-order valence-corrected chi connectivity index (χ4v) is 2.77. The van der Waals surface area contributed by atoms with Gasteiger partial charge in [-0.15, -0.1) is 0 Å². The first kappa shape index (κ1) is 15.2. The van der Waals surface area contributed by atoms with Crippen LogP contribution in [0.3, 0.4) is 0 Å². The van der Waals surface area contributed by atoms with Crippen LogP contribution in [0, 0.1) is 18.6 Å². The lowest BCUT2D eigenvalue weighted by molar-refractivity contribution is 0.431. The van der Waals surface area contributed by atoms with Gasteiger partial charge in [-0.05, 0) is 55.9 Å². The normalized spacial score (nSPS) is 14.8. The molecule has 6 heteroatoms. The van der Waals surface area contributed by atoms with Gasteiger partial charge in [0.05, 0.1) is 11.4 Å². The number of aryl methyl sites for hydroxylation is 2. The largest absolute Gasteiger partial charge is 0.494 e. The van der Waals surface area contributed by atoms with Gasteiger partial charge in [0.1, 0.15) is 5.56 Å². The van der Waals surface area contributed by atoms with E-state index in [0.717, 1.165) is 16.8 Å². The number of rotatable bonds is 2. The van der Waals surface area contributed by atoms with Crippen LogP contribution in [0.15, 0.2) is 45.8 Å². The summed E-state index contributed by atoms with van der Waals surface area (Å²) < 4.78 is 1.60. The van der Waals surface area contributed by atoms with E-state index in [2.05, 4.69) is 9.98 Å². The zero-order chi connectivity index (χ0) is 16.6. The minimum absolute atomic E-state index is 0.122. The van der Waals surface area contributed by atoms with E-state index in [0.29, 0.717) is 5.70 Å². The van der Waals surface area contributed by atoms with Crippen molar-refractivity contribution in [2.24, 2.45) is 4.99 Å². The van der Waals surface area contributed by atoms with Crippen molar-refractivity contribution in [1.29, 1.82) is 0 Å². The fourth-order valence-electron chi connectivity index (χ4n) is 2.50. The summed E-state index contributed by atoms with van der Waals surface area (Å²) in [6.07, 6.45) is 6.66. The van der Waals surface area contributed by atoms with Crippen molar-refractivity contribution in [3.05, 3.63) is 67.9 Å². The van der Waals surface area contributed by atoms with E-state index in [1.807, 2.05) is 32.0 Å². The third-order valence-electron chi connectivity index (χ3n) is 3.58. The minimum Gasteiger partial charge on any atom is -0.494 e. The Bertz CT molecular complexity index is 980. The zero-order valence-corrected chi connectivity index (χ0v) is 13.5. The molecule has 2 N–H and O–H groups in total. The van der Waals surface area contributed by atoms with Gasteiger partial charge in [-0.2, -0.15) is 0 Å². The second-order valence-corrected chi connectivity index (χ2v) is 5.72. The number of allylic oxidation sites excluding steroid dienone is 2. The fraction of sp³-hybridized carbons (Fsp3) is 0.118. The van der Waals surface area contributed by atoms with E-state index in [4.69, 9.17) is 12.2 Å². The highest BCUT2D eigenvalue weighted by atomic mass is 32.1. The number of aromatic amines is 1. The molecule has 0 fully saturated rings. The first-order valence-electron chi connectivity index (χ1n) is 7.06. The molecular formula is C17H15N3O2S. The molecule has 1 aliphatic heterocycles. The summed E-state index contributed by atoms with van der Waals surface area (Å²) in [5.41, 5.74) is 3.04. The molecule has 0 saturated heterocycles. The minimum atomic E-state index is -0.448. The van der Waals surface area contributed by atoms with Crippen molar-refractivity contribution >= 4 is 24.5 Å². The Balaban J connectivity index is 2.28. The maximum Gasteiger partial charge on any atom is 0.262 e. The third kappa shape index (κ3) is 2.80. The molecule has 1 aromatic carbocycles. The lowest BCUT2D eigenvalue weighted by Crippen LogP contribution is -2.16. The molecule has 3 rings (SSSR count). The van der Waals surface area contributed by atoms with Crippen LogP contribution in [0.1, 0.15) is 16.7 Å². The van der Waals surface area contributed by atoms with Crippen molar-refractivity contribution in [2.75, 3.05) is 0 Å². The average molecular weight is 325 g/mol. The van der Waals surface area contributed by atoms with Gasteiger partial charge >= 0.3 is 0 Å². The van der Waals surface area contributed by atoms with Crippen LogP contribution < -0.4 is 5.56 Å². The van der Waals surface area contributed by atoms with Gasteiger partial charge in [-0.3, -0.25) is 19.3 Å². The van der Waals surface area contributed by atoms with Gasteiger partial charge < -0.3 is 5.11 Å². The van der Waals surface area contributed by atoms with Crippen LogP contribution in [0.2, 0.25) is 0 Å². The Labute approximate surface area is 138 Å². The molecule has 0 aliphatic carbocycles. The highest BCUT2D eigenvalue weighted by Gasteiger charge is 2.14. The number of nitrogens with one attached hydrogen (secondary N) is 1. The summed E-state index contributed by atoms with van der Waals surface area (Å²) in [4.78, 5) is 18.9. The van der Waals surface area contributed by atoms with E-state index >= 15 is 0 Å². The summed E-state index contributed by atoms with van der Waals surface area (Å²) in [5.74, 6) is -0.200. The van der Waals surface area contributed by atoms with Crippen molar-refractivity contribution in [3.63, 3.8) is 0 Å². The van der Waals surface area contributed by atoms with Crippen LogP contribution in [0.5, 0.6) is 5.88 Å². The number of hydrogen-bond donors (Lipinski definition) is 2. The molecule has 2 aromatic rings. The first-order valence-corrected chi connectivity index (χ1v) is 7.46. The molecule has 0 bridgehead atoms. The van der Waals surface area contributed by atoms with Crippen LogP contribution in [0.25, 0.3) is 11.8 Å². The summed E-state index contributed by atoms with van der Waals surface area (Å²) in [6, 6.07) is 5.78. The molecule has 0 unspecified atom stereocenters. The molecule has 0 amide bonds. The Morgan fingerprint density at radius 2 is 2.13 bits per heavy atom. The molecule has 2 heterocycles. The Morgan fingerprint density at radius 1 is 1.35 bits per heavy atom. The number of benzene rings is 1. The second-order valence-electron chi connectivity index (χ2n) is 5.33. The summed E-state index contributed by atoms with van der Waals surface area (Å²) >= 11 is 5.23. The van der Waals surface area contributed by atoms with Gasteiger partial charge in [0, 0.05) is 6.21 Å². The summed E-state index contributed by atoms with van der Waals surface area (Å²) in [6.45, 7) is 3.92. The predicted molar refractivity (Wildman–Crippen MR) is 94.0 cm³/mol. The lowest BCUT2D eigenvalue weighted by atomic mass is 10.1. The third-order valence-corrected chi connectivity index (χ3v) is 3.87. The molecule has 0 spiro atoms. The maximum absolute atomic E-state index is 12.2. The number of H-pyrrole nitrogens is 1. The van der Waals surface area contributed by atoms with E-state index < -0.39 is 5.56 Å². The molecule has 1 aliphatic rings. The molecule has 0 atom stereocenters. The van der Waals surface area contributed by atoms with E-state index in [9.17, 15) is 9.90 Å². The zero-order valence-electron chi connectivity index (χ0n) is 12.7. The van der Waals surface area contributed by atoms with E-state index in [1.165, 1.54) is 10.6 Å². The second kappa shape index (κ2) is 5.81. The monoisotopic (exact) mass is 325 g/mol. The van der Waals surface area contributed by atoms with E-state index in [-0.39, 0.29) is 16.2 Å². The first-order chi connectivity index (χ1) is 11.0. The summed E-state index contributed by atoms with van der Waals surface area (Å²) in [7, 11) is 0. The number of nitrogens with zero attached hydrogens (tertiary/aromatic N) is 2. The highest BCUT2D eigenvalue weighted by Crippen LogP contribution is 2.25. The molecule has 0 radical (unpaired) electrons. The summed E-state index contributed by atoms with van der Waals surface area (Å²) in [5, 5.41) is 10.6. The van der Waals surface area contributed by atoms with Gasteiger partial charge in [0.15, 0.2) is 4.77 Å². The maximum atomic E-state index is 12.2. The number of aromatic hydroxyl groups is 1. The molecule has 23 heavy (non-hydrogen) atoms. The van der Waals surface area contributed by atoms with Crippen LogP contribution >= 0.6 is 12.2 Å². The SMILES string of the molecule is Cc1ccc(-n2c(O)c(/C=C3/C=CC=N3)c(=O)[nH]c2=S)c(C)c1. The molecular weight excluding hydrogens is 310 g/mol. The van der Waals surface area contributed by atoms with Crippen LogP contribution in [-0.2, 0) is 0 Å².